The van der Waals surface area contributed by atoms with Gasteiger partial charge in [0.1, 0.15) is 0 Å². The van der Waals surface area contributed by atoms with Crippen LogP contribution in [0.2, 0.25) is 10.0 Å². The summed E-state index contributed by atoms with van der Waals surface area (Å²) in [5, 5.41) is 6.62. The lowest BCUT2D eigenvalue weighted by Gasteiger charge is -2.13. The van der Waals surface area contributed by atoms with Crippen LogP contribution in [0.25, 0.3) is 10.9 Å². The molecule has 0 spiro atoms. The molecule has 0 aliphatic heterocycles. The van der Waals surface area contributed by atoms with Crippen LogP contribution >= 0.6 is 23.2 Å². The Hall–Kier alpha value is -2.58. The molecule has 0 radical (unpaired) electrons. The highest BCUT2D eigenvalue weighted by atomic mass is 35.5. The Morgan fingerprint density at radius 1 is 1.18 bits per heavy atom. The van der Waals surface area contributed by atoms with Crippen LogP contribution in [0.15, 0.2) is 41.2 Å². The van der Waals surface area contributed by atoms with Gasteiger partial charge in [-0.25, -0.2) is 0 Å². The van der Waals surface area contributed by atoms with Crippen LogP contribution < -0.4 is 10.7 Å². The highest BCUT2D eigenvalue weighted by Gasteiger charge is 2.31. The summed E-state index contributed by atoms with van der Waals surface area (Å²) < 4.78 is 40.1. The van der Waals surface area contributed by atoms with Crippen molar-refractivity contribution in [2.45, 2.75) is 19.6 Å². The van der Waals surface area contributed by atoms with Gasteiger partial charge in [-0.2, -0.15) is 18.3 Å². The molecule has 0 fully saturated rings. The Morgan fingerprint density at radius 3 is 2.54 bits per heavy atom. The zero-order chi connectivity index (χ0) is 20.6. The van der Waals surface area contributed by atoms with Gasteiger partial charge in [-0.15, -0.1) is 0 Å². The quantitative estimate of drug-likeness (QED) is 0.637. The van der Waals surface area contributed by atoms with Crippen LogP contribution in [0, 0.1) is 0 Å². The van der Waals surface area contributed by atoms with Gasteiger partial charge in [-0.1, -0.05) is 23.2 Å². The number of halogens is 5. The molecule has 0 atom stereocenters. The van der Waals surface area contributed by atoms with E-state index in [0.29, 0.717) is 23.2 Å². The van der Waals surface area contributed by atoms with E-state index in [-0.39, 0.29) is 16.1 Å². The van der Waals surface area contributed by atoms with Crippen LogP contribution in [0.4, 0.5) is 18.9 Å². The molecule has 28 heavy (non-hydrogen) atoms. The van der Waals surface area contributed by atoms with Gasteiger partial charge >= 0.3 is 6.18 Å². The number of carbonyl (C=O) groups is 1. The standard InChI is InChI=1S/C18H12Cl2F3N3O2/c1-2-26-14-6-4-10(19)8-11(14)16(27)15(25-26)17(28)24-13-7-9(18(21,22)23)3-5-12(13)20/h3-8H,2H2,1H3,(H,24,28). The zero-order valence-electron chi connectivity index (χ0n) is 14.3. The summed E-state index contributed by atoms with van der Waals surface area (Å²) in [4.78, 5) is 25.3. The molecule has 5 nitrogen and oxygen atoms in total. The van der Waals surface area contributed by atoms with E-state index in [1.165, 1.54) is 10.7 Å². The second-order valence-corrected chi connectivity index (χ2v) is 6.65. The monoisotopic (exact) mass is 429 g/mol. The molecule has 0 aliphatic rings. The summed E-state index contributed by atoms with van der Waals surface area (Å²) in [7, 11) is 0. The maximum atomic E-state index is 12.9. The molecule has 3 aromatic rings. The number of fused-ring (bicyclic) bond motifs is 1. The average molecular weight is 430 g/mol. The Morgan fingerprint density at radius 2 is 1.89 bits per heavy atom. The van der Waals surface area contributed by atoms with Crippen molar-refractivity contribution >= 4 is 45.7 Å². The first-order valence-electron chi connectivity index (χ1n) is 8.00. The van der Waals surface area contributed by atoms with Gasteiger partial charge in [0.2, 0.25) is 5.43 Å². The summed E-state index contributed by atoms with van der Waals surface area (Å²) in [5.41, 5.74) is -1.97. The topological polar surface area (TPSA) is 64.0 Å². The number of alkyl halides is 3. The normalized spacial score (nSPS) is 11.6. The molecule has 10 heteroatoms. The minimum Gasteiger partial charge on any atom is -0.319 e. The van der Waals surface area contributed by atoms with Crippen LogP contribution in [-0.4, -0.2) is 15.7 Å². The number of nitrogens with one attached hydrogen (secondary N) is 1. The van der Waals surface area contributed by atoms with E-state index >= 15 is 0 Å². The maximum absolute atomic E-state index is 12.9. The molecule has 0 aliphatic carbocycles. The molecule has 1 heterocycles. The third-order valence-corrected chi connectivity index (χ3v) is 4.54. The van der Waals surface area contributed by atoms with Crippen molar-refractivity contribution in [1.82, 2.24) is 9.78 Å². The molecule has 146 valence electrons. The molecule has 2 aromatic carbocycles. The largest absolute Gasteiger partial charge is 0.416 e. The van der Waals surface area contributed by atoms with Crippen molar-refractivity contribution in [3.63, 3.8) is 0 Å². The fourth-order valence-electron chi connectivity index (χ4n) is 2.63. The number of rotatable bonds is 3. The Bertz CT molecular complexity index is 1140. The summed E-state index contributed by atoms with van der Waals surface area (Å²) >= 11 is 11.8. The molecular formula is C18H12Cl2F3N3O2. The van der Waals surface area contributed by atoms with Gasteiger partial charge in [-0.3, -0.25) is 14.3 Å². The average Bonchev–Trinajstić information content (AvgIpc) is 2.63. The lowest BCUT2D eigenvalue weighted by atomic mass is 10.1. The van der Waals surface area contributed by atoms with Crippen molar-refractivity contribution in [3.8, 4) is 0 Å². The van der Waals surface area contributed by atoms with E-state index in [0.717, 1.165) is 12.1 Å². The number of amides is 1. The number of aryl methyl sites for hydroxylation is 1. The van der Waals surface area contributed by atoms with Gasteiger partial charge < -0.3 is 5.32 Å². The van der Waals surface area contributed by atoms with Crippen LogP contribution in [-0.2, 0) is 12.7 Å². The van der Waals surface area contributed by atoms with Crippen LogP contribution in [0.5, 0.6) is 0 Å². The van der Waals surface area contributed by atoms with Crippen LogP contribution in [0.1, 0.15) is 23.0 Å². The molecule has 1 N–H and O–H groups in total. The second-order valence-electron chi connectivity index (χ2n) is 5.80. The SMILES string of the molecule is CCn1nc(C(=O)Nc2cc(C(F)(F)F)ccc2Cl)c(=O)c2cc(Cl)ccc21. The third-order valence-electron chi connectivity index (χ3n) is 3.97. The summed E-state index contributed by atoms with van der Waals surface area (Å²) in [6, 6.07) is 7.08. The number of aromatic nitrogens is 2. The van der Waals surface area contributed by atoms with Crippen molar-refractivity contribution < 1.29 is 18.0 Å². The number of nitrogens with zero attached hydrogens (tertiary/aromatic N) is 2. The minimum atomic E-state index is -4.61. The molecule has 1 amide bonds. The first kappa shape index (κ1) is 20.2. The van der Waals surface area contributed by atoms with Crippen LogP contribution in [0.3, 0.4) is 0 Å². The highest BCUT2D eigenvalue weighted by molar-refractivity contribution is 6.34. The predicted molar refractivity (Wildman–Crippen MR) is 101 cm³/mol. The molecular weight excluding hydrogens is 418 g/mol. The molecule has 3 rings (SSSR count). The molecule has 0 bridgehead atoms. The summed E-state index contributed by atoms with van der Waals surface area (Å²) in [6.07, 6.45) is -4.61. The van der Waals surface area contributed by atoms with E-state index in [1.807, 2.05) is 0 Å². The summed E-state index contributed by atoms with van der Waals surface area (Å²) in [6.45, 7) is 2.11. The smallest absolute Gasteiger partial charge is 0.319 e. The van der Waals surface area contributed by atoms with Gasteiger partial charge in [0.05, 0.1) is 27.2 Å². The van der Waals surface area contributed by atoms with E-state index in [9.17, 15) is 22.8 Å². The number of carbonyl (C=O) groups excluding carboxylic acids is 1. The van der Waals surface area contributed by atoms with Crippen molar-refractivity contribution in [2.24, 2.45) is 0 Å². The van der Waals surface area contributed by atoms with E-state index in [1.54, 1.807) is 19.1 Å². The Balaban J connectivity index is 2.08. The summed E-state index contributed by atoms with van der Waals surface area (Å²) in [5.74, 6) is -0.977. The first-order valence-corrected chi connectivity index (χ1v) is 8.76. The van der Waals surface area contributed by atoms with E-state index in [4.69, 9.17) is 23.2 Å². The van der Waals surface area contributed by atoms with Crippen molar-refractivity contribution in [3.05, 3.63) is 67.9 Å². The minimum absolute atomic E-state index is 0.110. The second kappa shape index (κ2) is 7.44. The molecule has 0 saturated heterocycles. The molecule has 0 unspecified atom stereocenters. The fourth-order valence-corrected chi connectivity index (χ4v) is 2.97. The van der Waals surface area contributed by atoms with Gasteiger partial charge in [0.25, 0.3) is 5.91 Å². The lowest BCUT2D eigenvalue weighted by molar-refractivity contribution is -0.137. The maximum Gasteiger partial charge on any atom is 0.416 e. The highest BCUT2D eigenvalue weighted by Crippen LogP contribution is 2.33. The number of anilines is 1. The van der Waals surface area contributed by atoms with E-state index < -0.39 is 28.8 Å². The van der Waals surface area contributed by atoms with E-state index in [2.05, 4.69) is 10.4 Å². The first-order chi connectivity index (χ1) is 13.1. The third kappa shape index (κ3) is 3.83. The zero-order valence-corrected chi connectivity index (χ0v) is 15.8. The molecule has 0 saturated carbocycles. The van der Waals surface area contributed by atoms with Crippen molar-refractivity contribution in [1.29, 1.82) is 0 Å². The Labute approximate surface area is 166 Å². The fraction of sp³-hybridized carbons (Fsp3) is 0.167. The van der Waals surface area contributed by atoms with Gasteiger partial charge in [0.15, 0.2) is 5.69 Å². The number of hydrogen-bond acceptors (Lipinski definition) is 3. The molecule has 1 aromatic heterocycles. The number of benzene rings is 2. The number of hydrogen-bond donors (Lipinski definition) is 1. The van der Waals surface area contributed by atoms with Crippen molar-refractivity contribution in [2.75, 3.05) is 5.32 Å². The Kier molecular flexibility index (Phi) is 5.36. The van der Waals surface area contributed by atoms with Gasteiger partial charge in [0, 0.05) is 11.6 Å². The van der Waals surface area contributed by atoms with Gasteiger partial charge in [-0.05, 0) is 43.3 Å². The predicted octanol–water partition coefficient (Wildman–Crippen LogP) is 4.99. The lowest BCUT2D eigenvalue weighted by Crippen LogP contribution is -2.27.